The zero-order valence-corrected chi connectivity index (χ0v) is 14.5. The molecule has 1 unspecified atom stereocenters. The third-order valence-corrected chi connectivity index (χ3v) is 3.45. The first-order valence-electron chi connectivity index (χ1n) is 8.05. The summed E-state index contributed by atoms with van der Waals surface area (Å²) in [6, 6.07) is 10.8. The highest BCUT2D eigenvalue weighted by molar-refractivity contribution is 5.67. The minimum Gasteiger partial charge on any atom is -0.444 e. The molecule has 0 spiro atoms. The van der Waals surface area contributed by atoms with Gasteiger partial charge in [-0.05, 0) is 53.0 Å². The van der Waals surface area contributed by atoms with Gasteiger partial charge in [-0.2, -0.15) is 0 Å². The van der Waals surface area contributed by atoms with Crippen LogP contribution in [0.3, 0.4) is 0 Å². The number of hydrogen-bond donors (Lipinski definition) is 2. The Hall–Kier alpha value is -1.55. The van der Waals surface area contributed by atoms with Crippen molar-refractivity contribution in [2.45, 2.75) is 71.7 Å². The quantitative estimate of drug-likeness (QED) is 0.767. The molecule has 0 bridgehead atoms. The smallest absolute Gasteiger partial charge is 0.407 e. The maximum Gasteiger partial charge on any atom is 0.407 e. The van der Waals surface area contributed by atoms with Crippen LogP contribution in [-0.2, 0) is 11.3 Å². The molecule has 2 N–H and O–H groups in total. The van der Waals surface area contributed by atoms with Gasteiger partial charge in [-0.3, -0.25) is 0 Å². The minimum absolute atomic E-state index is 0.0924. The number of nitrogens with one attached hydrogen (secondary N) is 2. The Bertz CT molecular complexity index is 444. The van der Waals surface area contributed by atoms with Gasteiger partial charge < -0.3 is 15.4 Å². The summed E-state index contributed by atoms with van der Waals surface area (Å²) in [6.45, 7) is 10.8. The molecule has 0 fully saturated rings. The van der Waals surface area contributed by atoms with Gasteiger partial charge in [-0.25, -0.2) is 4.79 Å². The van der Waals surface area contributed by atoms with E-state index in [9.17, 15) is 4.79 Å². The van der Waals surface area contributed by atoms with E-state index in [2.05, 4.69) is 29.7 Å². The predicted molar refractivity (Wildman–Crippen MR) is 90.8 cm³/mol. The Morgan fingerprint density at radius 1 is 1.18 bits per heavy atom. The molecule has 0 saturated carbocycles. The van der Waals surface area contributed by atoms with Crippen LogP contribution in [0.2, 0.25) is 0 Å². The van der Waals surface area contributed by atoms with Crippen molar-refractivity contribution in [2.75, 3.05) is 0 Å². The number of ether oxygens (including phenoxy) is 1. The highest BCUT2D eigenvalue weighted by Crippen LogP contribution is 2.18. The molecule has 1 aromatic rings. The number of rotatable bonds is 8. The molecule has 0 aliphatic heterocycles. The molecular weight excluding hydrogens is 276 g/mol. The van der Waals surface area contributed by atoms with Crippen LogP contribution in [0.4, 0.5) is 4.79 Å². The van der Waals surface area contributed by atoms with E-state index < -0.39 is 5.60 Å². The maximum absolute atomic E-state index is 11.7. The van der Waals surface area contributed by atoms with Crippen molar-refractivity contribution in [1.29, 1.82) is 0 Å². The predicted octanol–water partition coefficient (Wildman–Crippen LogP) is 3.86. The number of carbonyl (C=O) groups excluding carboxylic acids is 1. The van der Waals surface area contributed by atoms with E-state index in [1.807, 2.05) is 45.9 Å². The molecule has 0 saturated heterocycles. The van der Waals surface area contributed by atoms with Gasteiger partial charge in [0.15, 0.2) is 0 Å². The van der Waals surface area contributed by atoms with Gasteiger partial charge in [-0.1, -0.05) is 30.3 Å². The molecule has 0 aliphatic rings. The summed E-state index contributed by atoms with van der Waals surface area (Å²) in [7, 11) is 0. The van der Waals surface area contributed by atoms with E-state index in [4.69, 9.17) is 4.74 Å². The third kappa shape index (κ3) is 8.03. The minimum atomic E-state index is -0.457. The summed E-state index contributed by atoms with van der Waals surface area (Å²) < 4.78 is 5.48. The second kappa shape index (κ2) is 8.79. The first-order valence-corrected chi connectivity index (χ1v) is 8.05. The maximum atomic E-state index is 11.7. The van der Waals surface area contributed by atoms with Crippen molar-refractivity contribution in [3.05, 3.63) is 35.9 Å². The second-order valence-corrected chi connectivity index (χ2v) is 6.75. The zero-order valence-electron chi connectivity index (χ0n) is 14.5. The molecule has 0 heterocycles. The van der Waals surface area contributed by atoms with E-state index in [0.717, 1.165) is 19.4 Å². The van der Waals surface area contributed by atoms with Crippen LogP contribution >= 0.6 is 0 Å². The summed E-state index contributed by atoms with van der Waals surface area (Å²) in [4.78, 5) is 11.7. The molecule has 4 heteroatoms. The lowest BCUT2D eigenvalue weighted by atomic mass is 9.99. The van der Waals surface area contributed by atoms with Crippen LogP contribution in [0, 0.1) is 0 Å². The zero-order chi connectivity index (χ0) is 16.6. The van der Waals surface area contributed by atoms with Crippen molar-refractivity contribution in [2.24, 2.45) is 0 Å². The van der Waals surface area contributed by atoms with Crippen molar-refractivity contribution >= 4 is 6.09 Å². The van der Waals surface area contributed by atoms with Crippen LogP contribution in [0.5, 0.6) is 0 Å². The summed E-state index contributed by atoms with van der Waals surface area (Å²) in [5.74, 6) is 0. The molecule has 1 amide bonds. The fraction of sp³-hybridized carbons (Fsp3) is 0.611. The largest absolute Gasteiger partial charge is 0.444 e. The van der Waals surface area contributed by atoms with E-state index in [1.54, 1.807) is 0 Å². The van der Waals surface area contributed by atoms with Crippen molar-refractivity contribution < 1.29 is 9.53 Å². The lowest BCUT2D eigenvalue weighted by Gasteiger charge is -2.27. The van der Waals surface area contributed by atoms with Gasteiger partial charge in [0.25, 0.3) is 0 Å². The number of hydrogen-bond acceptors (Lipinski definition) is 3. The van der Waals surface area contributed by atoms with Crippen molar-refractivity contribution in [1.82, 2.24) is 10.6 Å². The van der Waals surface area contributed by atoms with Crippen LogP contribution in [0.15, 0.2) is 30.3 Å². The van der Waals surface area contributed by atoms with E-state index >= 15 is 0 Å². The molecule has 0 aliphatic carbocycles. The Morgan fingerprint density at radius 2 is 1.82 bits per heavy atom. The van der Waals surface area contributed by atoms with Gasteiger partial charge in [0.05, 0.1) is 0 Å². The molecule has 0 radical (unpaired) electrons. The Labute approximate surface area is 134 Å². The topological polar surface area (TPSA) is 50.4 Å². The van der Waals surface area contributed by atoms with Gasteiger partial charge in [-0.15, -0.1) is 0 Å². The van der Waals surface area contributed by atoms with Crippen molar-refractivity contribution in [3.8, 4) is 0 Å². The third-order valence-electron chi connectivity index (χ3n) is 3.45. The highest BCUT2D eigenvalue weighted by atomic mass is 16.6. The average molecular weight is 306 g/mol. The number of amides is 1. The molecule has 1 atom stereocenters. The molecule has 4 nitrogen and oxygen atoms in total. The number of carbonyl (C=O) groups is 1. The summed E-state index contributed by atoms with van der Waals surface area (Å²) in [6.07, 6.45) is 1.43. The molecule has 0 aromatic heterocycles. The number of benzene rings is 1. The summed E-state index contributed by atoms with van der Waals surface area (Å²) >= 11 is 0. The lowest BCUT2D eigenvalue weighted by molar-refractivity contribution is 0.0284. The Morgan fingerprint density at radius 3 is 2.41 bits per heavy atom. The first kappa shape index (κ1) is 18.5. The molecule has 22 heavy (non-hydrogen) atoms. The van der Waals surface area contributed by atoms with Gasteiger partial charge >= 0.3 is 6.09 Å². The van der Waals surface area contributed by atoms with E-state index in [0.29, 0.717) is 6.04 Å². The highest BCUT2D eigenvalue weighted by Gasteiger charge is 2.23. The van der Waals surface area contributed by atoms with E-state index in [-0.39, 0.29) is 12.1 Å². The van der Waals surface area contributed by atoms with Crippen LogP contribution in [0.1, 0.15) is 53.0 Å². The SMILES string of the molecule is CC(C)NC(=O)OC(C)(C)CCC(C)NCc1ccccc1. The number of alkyl carbamates (subject to hydrolysis) is 1. The fourth-order valence-corrected chi connectivity index (χ4v) is 2.12. The lowest BCUT2D eigenvalue weighted by Crippen LogP contribution is -2.38. The molecular formula is C18H30N2O2. The fourth-order valence-electron chi connectivity index (χ4n) is 2.12. The summed E-state index contributed by atoms with van der Waals surface area (Å²) in [5.41, 5.74) is 0.822. The standard InChI is InChI=1S/C18H30N2O2/c1-14(2)20-17(21)22-18(4,5)12-11-15(3)19-13-16-9-7-6-8-10-16/h6-10,14-15,19H,11-13H2,1-5H3,(H,20,21). The van der Waals surface area contributed by atoms with E-state index in [1.165, 1.54) is 5.56 Å². The monoisotopic (exact) mass is 306 g/mol. The second-order valence-electron chi connectivity index (χ2n) is 6.75. The van der Waals surface area contributed by atoms with Crippen molar-refractivity contribution in [3.63, 3.8) is 0 Å². The normalized spacial score (nSPS) is 13.0. The molecule has 1 aromatic carbocycles. The van der Waals surface area contributed by atoms with Gasteiger partial charge in [0, 0.05) is 18.6 Å². The van der Waals surface area contributed by atoms with Crippen LogP contribution < -0.4 is 10.6 Å². The van der Waals surface area contributed by atoms with Gasteiger partial charge in [0.1, 0.15) is 5.60 Å². The molecule has 124 valence electrons. The van der Waals surface area contributed by atoms with Crippen LogP contribution in [0.25, 0.3) is 0 Å². The van der Waals surface area contributed by atoms with Crippen LogP contribution in [-0.4, -0.2) is 23.8 Å². The average Bonchev–Trinajstić information content (AvgIpc) is 2.42. The summed E-state index contributed by atoms with van der Waals surface area (Å²) in [5, 5.41) is 6.26. The Balaban J connectivity index is 2.29. The Kier molecular flexibility index (Phi) is 7.39. The van der Waals surface area contributed by atoms with Gasteiger partial charge in [0.2, 0.25) is 0 Å². The molecule has 1 rings (SSSR count). The first-order chi connectivity index (χ1) is 10.3.